The van der Waals surface area contributed by atoms with Crippen LogP contribution in [0.5, 0.6) is 0 Å². The average molecular weight is 293 g/mol. The van der Waals surface area contributed by atoms with Crippen LogP contribution in [0, 0.1) is 5.92 Å². The number of halogens is 4. The molecule has 1 aromatic rings. The van der Waals surface area contributed by atoms with Crippen molar-refractivity contribution in [3.63, 3.8) is 0 Å². The van der Waals surface area contributed by atoms with E-state index in [0.29, 0.717) is 29.6 Å². The van der Waals surface area contributed by atoms with Gasteiger partial charge in [-0.05, 0) is 29.7 Å². The molecule has 2 rings (SSSR count). The van der Waals surface area contributed by atoms with E-state index in [1.807, 2.05) is 11.8 Å². The Morgan fingerprint density at radius 1 is 1.37 bits per heavy atom. The van der Waals surface area contributed by atoms with Crippen LogP contribution < -0.4 is 5.73 Å². The summed E-state index contributed by atoms with van der Waals surface area (Å²) in [5.74, 6) is 0.351. The van der Waals surface area contributed by atoms with Crippen LogP contribution in [-0.4, -0.2) is 24.0 Å². The highest BCUT2D eigenvalue weighted by Gasteiger charge is 2.32. The first-order valence-corrected chi connectivity index (χ1v) is 6.48. The fourth-order valence-electron chi connectivity index (χ4n) is 2.34. The molecule has 1 aliphatic rings. The number of nitrogens with zero attached hydrogens (tertiary/aromatic N) is 1. The van der Waals surface area contributed by atoms with Crippen molar-refractivity contribution in [2.45, 2.75) is 25.7 Å². The maximum atomic E-state index is 12.7. The Bertz CT molecular complexity index is 452. The molecule has 6 heteroatoms. The summed E-state index contributed by atoms with van der Waals surface area (Å²) in [5, 5.41) is 0.362. The summed E-state index contributed by atoms with van der Waals surface area (Å²) in [6, 6.07) is 3.50. The minimum absolute atomic E-state index is 0.0737. The first-order chi connectivity index (χ1) is 8.77. The Kier molecular flexibility index (Phi) is 4.08. The van der Waals surface area contributed by atoms with E-state index in [1.54, 1.807) is 0 Å². The standard InChI is InChI=1S/C13H16ClF3N2/c1-8-5-19(7-12(8)18)6-9-4-10(13(15,16)17)2-3-11(9)14/h2-4,8,12H,5-7,18H2,1H3. The van der Waals surface area contributed by atoms with Crippen LogP contribution >= 0.6 is 11.6 Å². The van der Waals surface area contributed by atoms with Gasteiger partial charge in [-0.2, -0.15) is 13.2 Å². The SMILES string of the molecule is CC1CN(Cc2cc(C(F)(F)F)ccc2Cl)CC1N. The third kappa shape index (κ3) is 3.41. The quantitative estimate of drug-likeness (QED) is 0.907. The lowest BCUT2D eigenvalue weighted by Crippen LogP contribution is -2.28. The first kappa shape index (κ1) is 14.6. The zero-order chi connectivity index (χ0) is 14.2. The molecule has 1 fully saturated rings. The van der Waals surface area contributed by atoms with Crippen molar-refractivity contribution in [3.05, 3.63) is 34.3 Å². The lowest BCUT2D eigenvalue weighted by Gasteiger charge is -2.17. The first-order valence-electron chi connectivity index (χ1n) is 6.11. The van der Waals surface area contributed by atoms with Crippen LogP contribution in [-0.2, 0) is 12.7 Å². The zero-order valence-electron chi connectivity index (χ0n) is 10.5. The molecule has 0 aromatic heterocycles. The molecule has 0 radical (unpaired) electrons. The number of hydrogen-bond acceptors (Lipinski definition) is 2. The van der Waals surface area contributed by atoms with E-state index >= 15 is 0 Å². The largest absolute Gasteiger partial charge is 0.416 e. The van der Waals surface area contributed by atoms with Crippen molar-refractivity contribution in [2.24, 2.45) is 11.7 Å². The summed E-state index contributed by atoms with van der Waals surface area (Å²) in [6.45, 7) is 3.92. The third-order valence-corrected chi connectivity index (χ3v) is 3.88. The number of benzene rings is 1. The monoisotopic (exact) mass is 292 g/mol. The number of likely N-dealkylation sites (tertiary alicyclic amines) is 1. The Morgan fingerprint density at radius 3 is 2.58 bits per heavy atom. The maximum Gasteiger partial charge on any atom is 0.416 e. The van der Waals surface area contributed by atoms with E-state index in [1.165, 1.54) is 6.07 Å². The summed E-state index contributed by atoms with van der Waals surface area (Å²) in [7, 11) is 0. The molecule has 1 aromatic carbocycles. The second-order valence-corrected chi connectivity index (χ2v) is 5.55. The molecule has 1 heterocycles. The zero-order valence-corrected chi connectivity index (χ0v) is 11.3. The van der Waals surface area contributed by atoms with Gasteiger partial charge in [0.15, 0.2) is 0 Å². The predicted octanol–water partition coefficient (Wildman–Crippen LogP) is 3.14. The van der Waals surface area contributed by atoms with Crippen LogP contribution in [0.4, 0.5) is 13.2 Å². The highest BCUT2D eigenvalue weighted by atomic mass is 35.5. The van der Waals surface area contributed by atoms with Gasteiger partial charge in [0.2, 0.25) is 0 Å². The summed E-state index contributed by atoms with van der Waals surface area (Å²) in [4.78, 5) is 2.04. The van der Waals surface area contributed by atoms with Crippen LogP contribution in [0.2, 0.25) is 5.02 Å². The summed E-state index contributed by atoms with van der Waals surface area (Å²) < 4.78 is 38.0. The topological polar surface area (TPSA) is 29.3 Å². The minimum atomic E-state index is -4.34. The maximum absolute atomic E-state index is 12.7. The second kappa shape index (κ2) is 5.31. The van der Waals surface area contributed by atoms with Crippen LogP contribution in [0.25, 0.3) is 0 Å². The average Bonchev–Trinajstić information content (AvgIpc) is 2.59. The molecule has 1 saturated heterocycles. The normalized spacial score (nSPS) is 24.9. The molecule has 1 aliphatic heterocycles. The lowest BCUT2D eigenvalue weighted by atomic mass is 10.1. The van der Waals surface area contributed by atoms with Gasteiger partial charge < -0.3 is 5.73 Å². The third-order valence-electron chi connectivity index (χ3n) is 3.51. The van der Waals surface area contributed by atoms with Gasteiger partial charge in [-0.3, -0.25) is 4.90 Å². The summed E-state index contributed by atoms with van der Waals surface area (Å²) in [5.41, 5.74) is 5.74. The van der Waals surface area contributed by atoms with Crippen molar-refractivity contribution >= 4 is 11.6 Å². The molecule has 2 atom stereocenters. The van der Waals surface area contributed by atoms with Gasteiger partial charge in [0.05, 0.1) is 5.56 Å². The van der Waals surface area contributed by atoms with Crippen molar-refractivity contribution in [3.8, 4) is 0 Å². The second-order valence-electron chi connectivity index (χ2n) is 5.14. The van der Waals surface area contributed by atoms with Gasteiger partial charge in [-0.25, -0.2) is 0 Å². The van der Waals surface area contributed by atoms with Gasteiger partial charge in [-0.15, -0.1) is 0 Å². The number of alkyl halides is 3. The molecular formula is C13H16ClF3N2. The molecule has 106 valence electrons. The van der Waals surface area contributed by atoms with E-state index in [4.69, 9.17) is 17.3 Å². The number of hydrogen-bond donors (Lipinski definition) is 1. The molecule has 0 amide bonds. The van der Waals surface area contributed by atoms with Crippen molar-refractivity contribution in [1.82, 2.24) is 4.90 Å². The van der Waals surface area contributed by atoms with Gasteiger partial charge >= 0.3 is 6.18 Å². The van der Waals surface area contributed by atoms with Gasteiger partial charge in [0.1, 0.15) is 0 Å². The van der Waals surface area contributed by atoms with Gasteiger partial charge in [0.25, 0.3) is 0 Å². The molecule has 0 bridgehead atoms. The molecule has 2 unspecified atom stereocenters. The van der Waals surface area contributed by atoms with E-state index in [2.05, 4.69) is 0 Å². The molecule has 2 N–H and O–H groups in total. The Labute approximate surface area is 115 Å². The van der Waals surface area contributed by atoms with Crippen molar-refractivity contribution in [2.75, 3.05) is 13.1 Å². The van der Waals surface area contributed by atoms with E-state index in [0.717, 1.165) is 18.7 Å². The predicted molar refractivity (Wildman–Crippen MR) is 68.9 cm³/mol. The highest BCUT2D eigenvalue weighted by molar-refractivity contribution is 6.31. The summed E-state index contributed by atoms with van der Waals surface area (Å²) >= 11 is 5.97. The van der Waals surface area contributed by atoms with E-state index in [9.17, 15) is 13.2 Å². The molecule has 2 nitrogen and oxygen atoms in total. The fraction of sp³-hybridized carbons (Fsp3) is 0.538. The van der Waals surface area contributed by atoms with Crippen molar-refractivity contribution < 1.29 is 13.2 Å². The number of nitrogens with two attached hydrogens (primary N) is 1. The van der Waals surface area contributed by atoms with Crippen molar-refractivity contribution in [1.29, 1.82) is 0 Å². The lowest BCUT2D eigenvalue weighted by molar-refractivity contribution is -0.137. The van der Waals surface area contributed by atoms with Crippen LogP contribution in [0.15, 0.2) is 18.2 Å². The molecule has 0 aliphatic carbocycles. The Morgan fingerprint density at radius 2 is 2.05 bits per heavy atom. The van der Waals surface area contributed by atoms with Crippen LogP contribution in [0.1, 0.15) is 18.1 Å². The summed E-state index contributed by atoms with van der Waals surface area (Å²) in [6.07, 6.45) is -4.34. The minimum Gasteiger partial charge on any atom is -0.326 e. The molecular weight excluding hydrogens is 277 g/mol. The highest BCUT2D eigenvalue weighted by Crippen LogP contribution is 2.32. The molecule has 19 heavy (non-hydrogen) atoms. The van der Waals surface area contributed by atoms with Gasteiger partial charge in [-0.1, -0.05) is 18.5 Å². The molecule has 0 saturated carbocycles. The Hall–Kier alpha value is -0.780. The fourth-order valence-corrected chi connectivity index (χ4v) is 2.51. The smallest absolute Gasteiger partial charge is 0.326 e. The number of rotatable bonds is 2. The van der Waals surface area contributed by atoms with Gasteiger partial charge in [0, 0.05) is 30.7 Å². The molecule has 0 spiro atoms. The van der Waals surface area contributed by atoms with Crippen LogP contribution in [0.3, 0.4) is 0 Å². The Balaban J connectivity index is 2.16. The van der Waals surface area contributed by atoms with E-state index in [-0.39, 0.29) is 6.04 Å². The van der Waals surface area contributed by atoms with E-state index < -0.39 is 11.7 Å².